The lowest BCUT2D eigenvalue weighted by Crippen LogP contribution is -2.39. The molecule has 0 aliphatic heterocycles. The van der Waals surface area contributed by atoms with Gasteiger partial charge in [-0.2, -0.15) is 0 Å². The fourth-order valence-electron chi connectivity index (χ4n) is 1.77. The Labute approximate surface area is 117 Å². The van der Waals surface area contributed by atoms with Gasteiger partial charge >= 0.3 is 5.97 Å². The first-order valence-electron chi connectivity index (χ1n) is 6.26. The van der Waals surface area contributed by atoms with Gasteiger partial charge in [0.2, 0.25) is 0 Å². The quantitative estimate of drug-likeness (QED) is 0.818. The average molecular weight is 314 g/mol. The minimum Gasteiger partial charge on any atom is -0.465 e. The van der Waals surface area contributed by atoms with Gasteiger partial charge in [-0.15, -0.1) is 0 Å². The molecule has 0 saturated carbocycles. The largest absolute Gasteiger partial charge is 0.465 e. The molecule has 1 aromatic carbocycles. The van der Waals surface area contributed by atoms with Gasteiger partial charge in [-0.25, -0.2) is 0 Å². The van der Waals surface area contributed by atoms with Crippen molar-refractivity contribution in [3.8, 4) is 0 Å². The van der Waals surface area contributed by atoms with Crippen molar-refractivity contribution in [3.05, 3.63) is 34.3 Å². The van der Waals surface area contributed by atoms with E-state index in [2.05, 4.69) is 27.3 Å². The van der Waals surface area contributed by atoms with Crippen LogP contribution in [0.4, 0.5) is 0 Å². The molecule has 0 saturated heterocycles. The number of nitrogens with one attached hydrogen (secondary N) is 1. The Kier molecular flexibility index (Phi) is 6.36. The third kappa shape index (κ3) is 4.42. The highest BCUT2D eigenvalue weighted by molar-refractivity contribution is 9.10. The van der Waals surface area contributed by atoms with Crippen molar-refractivity contribution in [1.82, 2.24) is 5.32 Å². The number of hydrogen-bond donors (Lipinski definition) is 1. The minimum atomic E-state index is -0.251. The molecule has 1 aromatic rings. The molecule has 1 N–H and O–H groups in total. The average Bonchev–Trinajstić information content (AvgIpc) is 2.35. The molecule has 1 rings (SSSR count). The number of carbonyl (C=O) groups is 1. The van der Waals surface area contributed by atoms with Gasteiger partial charge in [-0.1, -0.05) is 35.0 Å². The van der Waals surface area contributed by atoms with E-state index < -0.39 is 0 Å². The van der Waals surface area contributed by atoms with Crippen LogP contribution in [0.15, 0.2) is 28.7 Å². The maximum absolute atomic E-state index is 11.7. The van der Waals surface area contributed by atoms with E-state index in [1.807, 2.05) is 39.0 Å². The Morgan fingerprint density at radius 2 is 2.17 bits per heavy atom. The number of ether oxygens (including phenoxy) is 1. The highest BCUT2D eigenvalue weighted by Gasteiger charge is 2.20. The molecular weight excluding hydrogens is 294 g/mol. The van der Waals surface area contributed by atoms with Crippen molar-refractivity contribution in [2.75, 3.05) is 6.61 Å². The molecule has 0 aliphatic rings. The van der Waals surface area contributed by atoms with Gasteiger partial charge in [0.25, 0.3) is 0 Å². The Balaban J connectivity index is 2.67. The zero-order valence-electron chi connectivity index (χ0n) is 11.1. The molecule has 0 heterocycles. The topological polar surface area (TPSA) is 38.3 Å². The van der Waals surface area contributed by atoms with Gasteiger partial charge in [-0.05, 0) is 38.0 Å². The van der Waals surface area contributed by atoms with Gasteiger partial charge in [-0.3, -0.25) is 10.1 Å². The Hall–Kier alpha value is -0.870. The van der Waals surface area contributed by atoms with Gasteiger partial charge in [0, 0.05) is 10.5 Å². The van der Waals surface area contributed by atoms with E-state index in [-0.39, 0.29) is 18.1 Å². The first-order chi connectivity index (χ1) is 8.58. The summed E-state index contributed by atoms with van der Waals surface area (Å²) in [6, 6.07) is 7.92. The van der Waals surface area contributed by atoms with Crippen molar-refractivity contribution in [1.29, 1.82) is 0 Å². The van der Waals surface area contributed by atoms with Crippen LogP contribution in [0, 0.1) is 0 Å². The molecule has 3 nitrogen and oxygen atoms in total. The summed E-state index contributed by atoms with van der Waals surface area (Å²) in [7, 11) is 0. The van der Waals surface area contributed by atoms with Crippen LogP contribution in [0.2, 0.25) is 0 Å². The summed E-state index contributed by atoms with van der Waals surface area (Å²) < 4.78 is 6.08. The second-order valence-electron chi connectivity index (χ2n) is 4.16. The molecule has 2 atom stereocenters. The zero-order valence-corrected chi connectivity index (χ0v) is 12.7. The third-order valence-electron chi connectivity index (χ3n) is 2.78. The number of rotatable bonds is 6. The summed E-state index contributed by atoms with van der Waals surface area (Å²) in [6.07, 6.45) is 0.719. The summed E-state index contributed by atoms with van der Waals surface area (Å²) in [4.78, 5) is 11.7. The van der Waals surface area contributed by atoms with Crippen LogP contribution < -0.4 is 5.32 Å². The maximum atomic E-state index is 11.7. The lowest BCUT2D eigenvalue weighted by Gasteiger charge is -2.21. The summed E-state index contributed by atoms with van der Waals surface area (Å²) in [6.45, 7) is 6.26. The van der Waals surface area contributed by atoms with E-state index in [0.717, 1.165) is 16.5 Å². The first-order valence-corrected chi connectivity index (χ1v) is 7.05. The van der Waals surface area contributed by atoms with Crippen LogP contribution in [0.25, 0.3) is 0 Å². The van der Waals surface area contributed by atoms with E-state index in [1.165, 1.54) is 0 Å². The van der Waals surface area contributed by atoms with E-state index in [9.17, 15) is 4.79 Å². The Bertz CT molecular complexity index is 395. The lowest BCUT2D eigenvalue weighted by molar-refractivity contribution is -0.145. The smallest absolute Gasteiger partial charge is 0.323 e. The Morgan fingerprint density at radius 3 is 2.72 bits per heavy atom. The van der Waals surface area contributed by atoms with Crippen molar-refractivity contribution < 1.29 is 9.53 Å². The summed E-state index contributed by atoms with van der Waals surface area (Å²) in [5.74, 6) is -0.179. The maximum Gasteiger partial charge on any atom is 0.323 e. The van der Waals surface area contributed by atoms with Gasteiger partial charge in [0.05, 0.1) is 6.61 Å². The van der Waals surface area contributed by atoms with E-state index in [4.69, 9.17) is 4.74 Å². The first kappa shape index (κ1) is 15.2. The van der Waals surface area contributed by atoms with E-state index >= 15 is 0 Å². The third-order valence-corrected chi connectivity index (χ3v) is 3.27. The Morgan fingerprint density at radius 1 is 1.44 bits per heavy atom. The van der Waals surface area contributed by atoms with Crippen molar-refractivity contribution in [2.45, 2.75) is 39.3 Å². The number of esters is 1. The van der Waals surface area contributed by atoms with Gasteiger partial charge < -0.3 is 4.74 Å². The molecule has 0 radical (unpaired) electrons. The highest BCUT2D eigenvalue weighted by atomic mass is 79.9. The van der Waals surface area contributed by atoms with Crippen LogP contribution in [0.3, 0.4) is 0 Å². The van der Waals surface area contributed by atoms with Gasteiger partial charge in [0.15, 0.2) is 0 Å². The molecule has 0 aromatic heterocycles. The SMILES string of the molecule is CCOC(=O)C(CC)N[C@H](C)c1cccc(Br)c1. The predicted octanol–water partition coefficient (Wildman–Crippen LogP) is 3.44. The number of hydrogen-bond acceptors (Lipinski definition) is 3. The molecule has 0 bridgehead atoms. The zero-order chi connectivity index (χ0) is 13.5. The molecule has 0 spiro atoms. The summed E-state index contributed by atoms with van der Waals surface area (Å²) in [5, 5.41) is 3.30. The van der Waals surface area contributed by atoms with Crippen LogP contribution >= 0.6 is 15.9 Å². The fourth-order valence-corrected chi connectivity index (χ4v) is 2.19. The van der Waals surface area contributed by atoms with Crippen molar-refractivity contribution >= 4 is 21.9 Å². The molecule has 4 heteroatoms. The predicted molar refractivity (Wildman–Crippen MR) is 76.4 cm³/mol. The molecule has 100 valence electrons. The number of carbonyl (C=O) groups excluding carboxylic acids is 1. The minimum absolute atomic E-state index is 0.108. The van der Waals surface area contributed by atoms with E-state index in [1.54, 1.807) is 0 Å². The second kappa shape index (κ2) is 7.54. The fraction of sp³-hybridized carbons (Fsp3) is 0.500. The number of benzene rings is 1. The highest BCUT2D eigenvalue weighted by Crippen LogP contribution is 2.18. The molecule has 18 heavy (non-hydrogen) atoms. The van der Waals surface area contributed by atoms with Crippen LogP contribution in [-0.4, -0.2) is 18.6 Å². The second-order valence-corrected chi connectivity index (χ2v) is 5.07. The van der Waals surface area contributed by atoms with E-state index in [0.29, 0.717) is 6.61 Å². The summed E-state index contributed by atoms with van der Waals surface area (Å²) in [5.41, 5.74) is 1.15. The lowest BCUT2D eigenvalue weighted by atomic mass is 10.1. The van der Waals surface area contributed by atoms with Crippen LogP contribution in [0.1, 0.15) is 38.8 Å². The molecule has 0 amide bonds. The number of halogens is 1. The molecule has 0 aliphatic carbocycles. The monoisotopic (exact) mass is 313 g/mol. The summed E-state index contributed by atoms with van der Waals surface area (Å²) >= 11 is 3.45. The van der Waals surface area contributed by atoms with Crippen molar-refractivity contribution in [2.24, 2.45) is 0 Å². The van der Waals surface area contributed by atoms with Crippen molar-refractivity contribution in [3.63, 3.8) is 0 Å². The standard InChI is InChI=1S/C14H20BrNO2/c1-4-13(14(17)18-5-2)16-10(3)11-7-6-8-12(15)9-11/h6-10,13,16H,4-5H2,1-3H3/t10-,13?/m1/s1. The normalized spacial score (nSPS) is 14.0. The molecule has 1 unspecified atom stereocenters. The van der Waals surface area contributed by atoms with Crippen LogP contribution in [0.5, 0.6) is 0 Å². The van der Waals surface area contributed by atoms with Crippen LogP contribution in [-0.2, 0) is 9.53 Å². The van der Waals surface area contributed by atoms with Gasteiger partial charge in [0.1, 0.15) is 6.04 Å². The molecular formula is C14H20BrNO2. The molecule has 0 fully saturated rings.